The molecule has 1 aromatic carbocycles. The van der Waals surface area contributed by atoms with Gasteiger partial charge in [0.05, 0.1) is 5.41 Å². The lowest BCUT2D eigenvalue weighted by Gasteiger charge is -2.31. The third-order valence-corrected chi connectivity index (χ3v) is 5.98. The van der Waals surface area contributed by atoms with Crippen LogP contribution in [-0.4, -0.2) is 11.9 Å². The monoisotopic (exact) mass is 333 g/mol. The minimum Gasteiger partial charge on any atom is -0.353 e. The summed E-state index contributed by atoms with van der Waals surface area (Å²) in [6.07, 6.45) is 13.0. The fourth-order valence-electron chi connectivity index (χ4n) is 4.32. The number of hydrogen-bond donors (Lipinski definition) is 1. The highest BCUT2D eigenvalue weighted by molar-refractivity contribution is 6.30. The van der Waals surface area contributed by atoms with Crippen molar-refractivity contribution in [3.8, 4) is 0 Å². The van der Waals surface area contributed by atoms with Crippen LogP contribution in [0.15, 0.2) is 24.3 Å². The summed E-state index contributed by atoms with van der Waals surface area (Å²) in [6, 6.07) is 8.30. The van der Waals surface area contributed by atoms with E-state index in [1.165, 1.54) is 32.1 Å². The molecule has 0 saturated heterocycles. The van der Waals surface area contributed by atoms with Crippen molar-refractivity contribution in [2.45, 2.75) is 82.1 Å². The zero-order chi connectivity index (χ0) is 16.1. The van der Waals surface area contributed by atoms with E-state index < -0.39 is 0 Å². The molecule has 0 aliphatic heterocycles. The zero-order valence-corrected chi connectivity index (χ0v) is 14.7. The highest BCUT2D eigenvalue weighted by Gasteiger charge is 2.43. The van der Waals surface area contributed by atoms with E-state index in [0.29, 0.717) is 6.04 Å². The van der Waals surface area contributed by atoms with E-state index >= 15 is 0 Å². The molecule has 1 amide bonds. The Kier molecular flexibility index (Phi) is 5.63. The highest BCUT2D eigenvalue weighted by Crippen LogP contribution is 2.42. The van der Waals surface area contributed by atoms with E-state index in [0.717, 1.165) is 49.1 Å². The first-order chi connectivity index (χ1) is 11.2. The Morgan fingerprint density at radius 1 is 0.913 bits per heavy atom. The molecule has 2 saturated carbocycles. The quantitative estimate of drug-likeness (QED) is 0.790. The second-order valence-corrected chi connectivity index (χ2v) is 7.75. The van der Waals surface area contributed by atoms with Crippen molar-refractivity contribution >= 4 is 17.5 Å². The summed E-state index contributed by atoms with van der Waals surface area (Å²) in [6.45, 7) is 0. The number of nitrogens with one attached hydrogen (secondary N) is 1. The van der Waals surface area contributed by atoms with Crippen LogP contribution >= 0.6 is 11.6 Å². The molecule has 3 heteroatoms. The predicted molar refractivity (Wildman–Crippen MR) is 95.8 cm³/mol. The van der Waals surface area contributed by atoms with Gasteiger partial charge in [0.15, 0.2) is 0 Å². The molecular weight excluding hydrogens is 306 g/mol. The van der Waals surface area contributed by atoms with Crippen LogP contribution in [0.25, 0.3) is 0 Å². The maximum Gasteiger partial charge on any atom is 0.230 e. The molecule has 2 nitrogen and oxygen atoms in total. The van der Waals surface area contributed by atoms with E-state index in [9.17, 15) is 4.79 Å². The summed E-state index contributed by atoms with van der Waals surface area (Å²) in [4.78, 5) is 13.2. The number of hydrogen-bond acceptors (Lipinski definition) is 1. The van der Waals surface area contributed by atoms with Gasteiger partial charge in [-0.2, -0.15) is 0 Å². The summed E-state index contributed by atoms with van der Waals surface area (Å²) in [7, 11) is 0. The normalized spacial score (nSPS) is 22.3. The third-order valence-electron chi connectivity index (χ3n) is 5.73. The Labute approximate surface area is 145 Å². The number of carbonyl (C=O) groups excluding carboxylic acids is 1. The molecule has 0 atom stereocenters. The predicted octanol–water partition coefficient (Wildman–Crippen LogP) is 5.38. The van der Waals surface area contributed by atoms with Crippen molar-refractivity contribution in [1.29, 1.82) is 0 Å². The van der Waals surface area contributed by atoms with Crippen LogP contribution in [0.4, 0.5) is 0 Å². The van der Waals surface area contributed by atoms with Crippen molar-refractivity contribution in [1.82, 2.24) is 5.32 Å². The lowest BCUT2D eigenvalue weighted by atomic mass is 9.77. The third kappa shape index (κ3) is 3.91. The number of halogens is 1. The zero-order valence-electron chi connectivity index (χ0n) is 14.0. The molecule has 3 rings (SSSR count). The standard InChI is InChI=1S/C20H28ClNO/c21-17-12-10-16(11-13-17)20(14-6-7-15-20)19(23)22-18-8-4-2-1-3-5-9-18/h10-13,18H,1-9,14-15H2,(H,22,23). The molecule has 0 aromatic heterocycles. The second kappa shape index (κ2) is 7.70. The van der Waals surface area contributed by atoms with Crippen molar-refractivity contribution in [3.05, 3.63) is 34.9 Å². The van der Waals surface area contributed by atoms with E-state index in [-0.39, 0.29) is 11.3 Å². The molecule has 0 unspecified atom stereocenters. The Bertz CT molecular complexity index is 511. The van der Waals surface area contributed by atoms with Gasteiger partial charge in [0.2, 0.25) is 5.91 Å². The number of benzene rings is 1. The molecule has 126 valence electrons. The van der Waals surface area contributed by atoms with Crippen molar-refractivity contribution in [3.63, 3.8) is 0 Å². The Morgan fingerprint density at radius 3 is 2.09 bits per heavy atom. The van der Waals surface area contributed by atoms with Gasteiger partial charge in [-0.1, -0.05) is 68.7 Å². The first-order valence-corrected chi connectivity index (χ1v) is 9.65. The summed E-state index contributed by atoms with van der Waals surface area (Å²) in [5.74, 6) is 0.253. The smallest absolute Gasteiger partial charge is 0.230 e. The van der Waals surface area contributed by atoms with Crippen LogP contribution < -0.4 is 5.32 Å². The fourth-order valence-corrected chi connectivity index (χ4v) is 4.44. The van der Waals surface area contributed by atoms with Crippen LogP contribution in [0.5, 0.6) is 0 Å². The van der Waals surface area contributed by atoms with Crippen LogP contribution in [0.3, 0.4) is 0 Å². The average Bonchev–Trinajstić information content (AvgIpc) is 3.01. The minimum absolute atomic E-state index is 0.253. The highest BCUT2D eigenvalue weighted by atomic mass is 35.5. The van der Waals surface area contributed by atoms with Gasteiger partial charge in [-0.05, 0) is 43.4 Å². The van der Waals surface area contributed by atoms with Gasteiger partial charge in [0.25, 0.3) is 0 Å². The lowest BCUT2D eigenvalue weighted by molar-refractivity contribution is -0.127. The van der Waals surface area contributed by atoms with Crippen molar-refractivity contribution in [2.24, 2.45) is 0 Å². The molecule has 1 N–H and O–H groups in total. The van der Waals surface area contributed by atoms with Crippen LogP contribution in [-0.2, 0) is 10.2 Å². The van der Waals surface area contributed by atoms with E-state index in [1.54, 1.807) is 0 Å². The molecule has 2 aliphatic carbocycles. The second-order valence-electron chi connectivity index (χ2n) is 7.31. The maximum atomic E-state index is 13.2. The van der Waals surface area contributed by atoms with E-state index in [2.05, 4.69) is 5.32 Å². The molecule has 23 heavy (non-hydrogen) atoms. The van der Waals surface area contributed by atoms with E-state index in [1.807, 2.05) is 24.3 Å². The van der Waals surface area contributed by atoms with Gasteiger partial charge in [0.1, 0.15) is 0 Å². The van der Waals surface area contributed by atoms with Gasteiger partial charge in [-0.3, -0.25) is 4.79 Å². The number of rotatable bonds is 3. The lowest BCUT2D eigenvalue weighted by Crippen LogP contribution is -2.47. The van der Waals surface area contributed by atoms with Gasteiger partial charge in [0, 0.05) is 11.1 Å². The van der Waals surface area contributed by atoms with Crippen LogP contribution in [0, 0.1) is 0 Å². The first kappa shape index (κ1) is 16.8. The Balaban J connectivity index is 1.74. The average molecular weight is 334 g/mol. The molecule has 2 fully saturated rings. The van der Waals surface area contributed by atoms with E-state index in [4.69, 9.17) is 11.6 Å². The summed E-state index contributed by atoms with van der Waals surface area (Å²) in [5.41, 5.74) is 0.815. The summed E-state index contributed by atoms with van der Waals surface area (Å²) in [5, 5.41) is 4.15. The molecule has 0 spiro atoms. The van der Waals surface area contributed by atoms with Crippen LogP contribution in [0.1, 0.15) is 76.2 Å². The van der Waals surface area contributed by atoms with Crippen LogP contribution in [0.2, 0.25) is 5.02 Å². The summed E-state index contributed by atoms with van der Waals surface area (Å²) >= 11 is 6.03. The topological polar surface area (TPSA) is 29.1 Å². The van der Waals surface area contributed by atoms with Gasteiger partial charge in [-0.15, -0.1) is 0 Å². The number of carbonyl (C=O) groups is 1. The largest absolute Gasteiger partial charge is 0.353 e. The summed E-state index contributed by atoms with van der Waals surface area (Å²) < 4.78 is 0. The molecule has 0 radical (unpaired) electrons. The SMILES string of the molecule is O=C(NC1CCCCCCC1)C1(c2ccc(Cl)cc2)CCCC1. The van der Waals surface area contributed by atoms with Crippen molar-refractivity contribution < 1.29 is 4.79 Å². The Morgan fingerprint density at radius 2 is 1.48 bits per heavy atom. The molecular formula is C20H28ClNO. The molecule has 2 aliphatic rings. The minimum atomic E-state index is -0.326. The van der Waals surface area contributed by atoms with Gasteiger partial charge >= 0.3 is 0 Å². The number of amides is 1. The maximum absolute atomic E-state index is 13.2. The van der Waals surface area contributed by atoms with Gasteiger partial charge < -0.3 is 5.32 Å². The molecule has 0 bridgehead atoms. The molecule has 1 aromatic rings. The first-order valence-electron chi connectivity index (χ1n) is 9.28. The van der Waals surface area contributed by atoms with Gasteiger partial charge in [-0.25, -0.2) is 0 Å². The fraction of sp³-hybridized carbons (Fsp3) is 0.650. The Hall–Kier alpha value is -1.02. The molecule has 0 heterocycles. The van der Waals surface area contributed by atoms with Crippen molar-refractivity contribution in [2.75, 3.05) is 0 Å².